The minimum atomic E-state index is -0.455. The molecule has 25 heavy (non-hydrogen) atoms. The van der Waals surface area contributed by atoms with E-state index in [0.29, 0.717) is 24.2 Å². The lowest BCUT2D eigenvalue weighted by molar-refractivity contribution is 0.0210. The van der Waals surface area contributed by atoms with Crippen LogP contribution >= 0.6 is 11.6 Å². The lowest BCUT2D eigenvalue weighted by Gasteiger charge is -2.34. The van der Waals surface area contributed by atoms with Gasteiger partial charge in [-0.1, -0.05) is 11.6 Å². The molecule has 1 aromatic carbocycles. The number of hydrogen-bond acceptors (Lipinski definition) is 4. The molecule has 0 bridgehead atoms. The monoisotopic (exact) mass is 361 g/mol. The zero-order chi connectivity index (χ0) is 18.0. The molecule has 0 aliphatic carbocycles. The highest BCUT2D eigenvalue weighted by Gasteiger charge is 2.26. The Morgan fingerprint density at radius 3 is 2.68 bits per heavy atom. The largest absolute Gasteiger partial charge is 0.444 e. The van der Waals surface area contributed by atoms with Crippen LogP contribution in [0.1, 0.15) is 33.6 Å². The third-order valence-electron chi connectivity index (χ3n) is 4.21. The zero-order valence-electron chi connectivity index (χ0n) is 14.9. The van der Waals surface area contributed by atoms with Gasteiger partial charge < -0.3 is 15.0 Å². The van der Waals surface area contributed by atoms with Crippen LogP contribution in [-0.2, 0) is 4.74 Å². The van der Waals surface area contributed by atoms with Crippen LogP contribution in [0.2, 0.25) is 5.02 Å². The number of likely N-dealkylation sites (tertiary alicyclic amines) is 1. The highest BCUT2D eigenvalue weighted by atomic mass is 35.5. The molecular formula is C19H24ClN3O2. The molecule has 1 aromatic heterocycles. The standard InChI is InChI=1S/C19H24ClN3O2/c1-19(2,3)25-18(24)23-10-7-14(8-11-23)22-16-6-9-21-17-12-13(20)4-5-15(16)17/h4-6,9,12,14H,7-8,10-11H2,1-3H3,(H,21,22). The number of nitrogens with zero attached hydrogens (tertiary/aromatic N) is 2. The van der Waals surface area contributed by atoms with Gasteiger partial charge in [-0.3, -0.25) is 4.98 Å². The summed E-state index contributed by atoms with van der Waals surface area (Å²) >= 11 is 6.04. The van der Waals surface area contributed by atoms with Crippen LogP contribution in [0.15, 0.2) is 30.5 Å². The summed E-state index contributed by atoms with van der Waals surface area (Å²) in [5.74, 6) is 0. The molecule has 1 aliphatic heterocycles. The van der Waals surface area contributed by atoms with Crippen molar-refractivity contribution in [1.82, 2.24) is 9.88 Å². The van der Waals surface area contributed by atoms with Crippen LogP contribution in [0, 0.1) is 0 Å². The number of halogens is 1. The predicted octanol–water partition coefficient (Wildman–Crippen LogP) is 4.70. The Hall–Kier alpha value is -2.01. The maximum atomic E-state index is 12.1. The van der Waals surface area contributed by atoms with Crippen molar-refractivity contribution in [2.75, 3.05) is 18.4 Å². The fraction of sp³-hybridized carbons (Fsp3) is 0.474. The van der Waals surface area contributed by atoms with Gasteiger partial charge in [-0.15, -0.1) is 0 Å². The molecule has 0 unspecified atom stereocenters. The predicted molar refractivity (Wildman–Crippen MR) is 101 cm³/mol. The summed E-state index contributed by atoms with van der Waals surface area (Å²) in [4.78, 5) is 18.3. The lowest BCUT2D eigenvalue weighted by Crippen LogP contribution is -2.44. The van der Waals surface area contributed by atoms with Crippen LogP contribution in [-0.4, -0.2) is 40.7 Å². The normalized spacial score (nSPS) is 16.1. The van der Waals surface area contributed by atoms with E-state index in [-0.39, 0.29) is 6.09 Å². The van der Waals surface area contributed by atoms with Gasteiger partial charge in [-0.05, 0) is 57.9 Å². The highest BCUT2D eigenvalue weighted by molar-refractivity contribution is 6.31. The second-order valence-corrected chi connectivity index (χ2v) is 7.84. The van der Waals surface area contributed by atoms with Crippen LogP contribution in [0.25, 0.3) is 10.9 Å². The van der Waals surface area contributed by atoms with Crippen molar-refractivity contribution in [2.45, 2.75) is 45.3 Å². The third kappa shape index (κ3) is 4.54. The molecule has 0 spiro atoms. The Morgan fingerprint density at radius 1 is 1.28 bits per heavy atom. The first-order valence-corrected chi connectivity index (χ1v) is 8.98. The van der Waals surface area contributed by atoms with E-state index in [1.54, 1.807) is 11.1 Å². The maximum absolute atomic E-state index is 12.1. The second-order valence-electron chi connectivity index (χ2n) is 7.41. The van der Waals surface area contributed by atoms with Crippen molar-refractivity contribution in [3.8, 4) is 0 Å². The first-order chi connectivity index (χ1) is 11.8. The fourth-order valence-corrected chi connectivity index (χ4v) is 3.17. The summed E-state index contributed by atoms with van der Waals surface area (Å²) in [6, 6.07) is 8.04. The number of anilines is 1. The number of benzene rings is 1. The van der Waals surface area contributed by atoms with Crippen molar-refractivity contribution in [2.24, 2.45) is 0 Å². The number of ether oxygens (including phenoxy) is 1. The van der Waals surface area contributed by atoms with E-state index in [0.717, 1.165) is 29.4 Å². The van der Waals surface area contributed by atoms with Crippen molar-refractivity contribution in [1.29, 1.82) is 0 Å². The molecule has 6 heteroatoms. The summed E-state index contributed by atoms with van der Waals surface area (Å²) in [6.45, 7) is 7.06. The second kappa shape index (κ2) is 7.08. The Bertz CT molecular complexity index is 765. The van der Waals surface area contributed by atoms with E-state index in [2.05, 4.69) is 10.3 Å². The number of amides is 1. The van der Waals surface area contributed by atoms with Crippen molar-refractivity contribution in [3.05, 3.63) is 35.5 Å². The van der Waals surface area contributed by atoms with Gasteiger partial charge in [-0.2, -0.15) is 0 Å². The van der Waals surface area contributed by atoms with Gasteiger partial charge in [0.15, 0.2) is 0 Å². The lowest BCUT2D eigenvalue weighted by atomic mass is 10.0. The molecule has 3 rings (SSSR count). The van der Waals surface area contributed by atoms with Gasteiger partial charge in [0, 0.05) is 41.4 Å². The molecule has 1 fully saturated rings. The number of nitrogens with one attached hydrogen (secondary N) is 1. The molecule has 2 aromatic rings. The minimum Gasteiger partial charge on any atom is -0.444 e. The van der Waals surface area contributed by atoms with Gasteiger partial charge in [-0.25, -0.2) is 4.79 Å². The first-order valence-electron chi connectivity index (χ1n) is 8.60. The SMILES string of the molecule is CC(C)(C)OC(=O)N1CCC(Nc2ccnc3cc(Cl)ccc23)CC1. The quantitative estimate of drug-likeness (QED) is 0.842. The van der Waals surface area contributed by atoms with Crippen molar-refractivity contribution in [3.63, 3.8) is 0 Å². The van der Waals surface area contributed by atoms with Gasteiger partial charge in [0.2, 0.25) is 0 Å². The van der Waals surface area contributed by atoms with Gasteiger partial charge in [0.25, 0.3) is 0 Å². The highest BCUT2D eigenvalue weighted by Crippen LogP contribution is 2.26. The Morgan fingerprint density at radius 2 is 2.00 bits per heavy atom. The minimum absolute atomic E-state index is 0.227. The molecule has 5 nitrogen and oxygen atoms in total. The fourth-order valence-electron chi connectivity index (χ4n) is 3.00. The average molecular weight is 362 g/mol. The molecule has 1 saturated heterocycles. The molecule has 1 amide bonds. The number of fused-ring (bicyclic) bond motifs is 1. The van der Waals surface area contributed by atoms with Gasteiger partial charge in [0.05, 0.1) is 5.52 Å². The molecule has 0 atom stereocenters. The van der Waals surface area contributed by atoms with E-state index >= 15 is 0 Å². The van der Waals surface area contributed by atoms with Crippen LogP contribution in [0.5, 0.6) is 0 Å². The number of pyridine rings is 1. The average Bonchev–Trinajstić information content (AvgIpc) is 2.54. The maximum Gasteiger partial charge on any atom is 0.410 e. The first kappa shape index (κ1) is 17.8. The molecule has 1 N–H and O–H groups in total. The number of carbonyl (C=O) groups is 1. The number of carbonyl (C=O) groups excluding carboxylic acids is 1. The van der Waals surface area contributed by atoms with E-state index in [4.69, 9.17) is 16.3 Å². The van der Waals surface area contributed by atoms with Crippen LogP contribution in [0.4, 0.5) is 10.5 Å². The summed E-state index contributed by atoms with van der Waals surface area (Å²) < 4.78 is 5.45. The van der Waals surface area contributed by atoms with Crippen molar-refractivity contribution < 1.29 is 9.53 Å². The number of piperidine rings is 1. The molecule has 0 saturated carbocycles. The van der Waals surface area contributed by atoms with E-state index in [1.807, 2.05) is 45.0 Å². The molecule has 134 valence electrons. The van der Waals surface area contributed by atoms with Crippen LogP contribution < -0.4 is 5.32 Å². The zero-order valence-corrected chi connectivity index (χ0v) is 15.6. The molecule has 2 heterocycles. The summed E-state index contributed by atoms with van der Waals surface area (Å²) in [6.07, 6.45) is 3.33. The third-order valence-corrected chi connectivity index (χ3v) is 4.45. The number of hydrogen-bond donors (Lipinski definition) is 1. The number of aromatic nitrogens is 1. The Labute approximate surface area is 153 Å². The molecular weight excluding hydrogens is 338 g/mol. The smallest absolute Gasteiger partial charge is 0.410 e. The Balaban J connectivity index is 1.62. The van der Waals surface area contributed by atoms with Crippen LogP contribution in [0.3, 0.4) is 0 Å². The Kier molecular flexibility index (Phi) is 5.04. The van der Waals surface area contributed by atoms with E-state index in [9.17, 15) is 4.79 Å². The number of rotatable bonds is 2. The van der Waals surface area contributed by atoms with E-state index < -0.39 is 5.60 Å². The van der Waals surface area contributed by atoms with Gasteiger partial charge >= 0.3 is 6.09 Å². The van der Waals surface area contributed by atoms with E-state index in [1.165, 1.54) is 0 Å². The summed E-state index contributed by atoms with van der Waals surface area (Å²) in [7, 11) is 0. The topological polar surface area (TPSA) is 54.5 Å². The molecule has 0 radical (unpaired) electrons. The summed E-state index contributed by atoms with van der Waals surface area (Å²) in [5.41, 5.74) is 1.48. The molecule has 1 aliphatic rings. The van der Waals surface area contributed by atoms with Crippen molar-refractivity contribution >= 4 is 34.3 Å². The van der Waals surface area contributed by atoms with Gasteiger partial charge in [0.1, 0.15) is 5.60 Å². The summed E-state index contributed by atoms with van der Waals surface area (Å²) in [5, 5.41) is 5.33.